The number of nitrogens with zero attached hydrogens (tertiary/aromatic N) is 1. The average molecular weight is 341 g/mol. The van der Waals surface area contributed by atoms with E-state index in [1.165, 1.54) is 0 Å². The standard InChI is InChI=1S/C18H19N3O4/c1-2-18(9-8-15(22)19-17(18)24)20-16(23)11-13-10-14(25-21-13)12-6-4-3-5-7-12/h3-7,10H,2,8-9,11H2,1H3,(H,20,23)(H,19,22,24). The van der Waals surface area contributed by atoms with Gasteiger partial charge in [0.25, 0.3) is 5.91 Å². The maximum atomic E-state index is 12.4. The molecule has 3 amide bonds. The lowest BCUT2D eigenvalue weighted by atomic mass is 9.86. The summed E-state index contributed by atoms with van der Waals surface area (Å²) >= 11 is 0. The summed E-state index contributed by atoms with van der Waals surface area (Å²) in [5, 5.41) is 8.97. The Bertz CT molecular complexity index is 800. The lowest BCUT2D eigenvalue weighted by Crippen LogP contribution is -2.62. The Labute approximate surface area is 144 Å². The predicted octanol–water partition coefficient (Wildman–Crippen LogP) is 1.59. The first-order valence-electron chi connectivity index (χ1n) is 8.19. The van der Waals surface area contributed by atoms with Crippen molar-refractivity contribution in [2.45, 2.75) is 38.1 Å². The number of nitrogens with one attached hydrogen (secondary N) is 2. The molecule has 130 valence electrons. The van der Waals surface area contributed by atoms with E-state index in [2.05, 4.69) is 15.8 Å². The van der Waals surface area contributed by atoms with Crippen molar-refractivity contribution >= 4 is 17.7 Å². The van der Waals surface area contributed by atoms with E-state index in [0.29, 0.717) is 24.3 Å². The molecule has 1 unspecified atom stereocenters. The van der Waals surface area contributed by atoms with Crippen molar-refractivity contribution < 1.29 is 18.9 Å². The van der Waals surface area contributed by atoms with E-state index in [4.69, 9.17) is 4.52 Å². The zero-order valence-corrected chi connectivity index (χ0v) is 13.9. The van der Waals surface area contributed by atoms with Crippen molar-refractivity contribution in [1.82, 2.24) is 15.8 Å². The third-order valence-electron chi connectivity index (χ3n) is 4.41. The molecule has 0 aliphatic carbocycles. The van der Waals surface area contributed by atoms with Crippen LogP contribution in [0.1, 0.15) is 31.9 Å². The second-order valence-electron chi connectivity index (χ2n) is 6.09. The van der Waals surface area contributed by atoms with Crippen LogP contribution in [0.2, 0.25) is 0 Å². The number of hydrogen-bond acceptors (Lipinski definition) is 5. The summed E-state index contributed by atoms with van der Waals surface area (Å²) in [7, 11) is 0. The molecule has 2 heterocycles. The summed E-state index contributed by atoms with van der Waals surface area (Å²) in [4.78, 5) is 35.8. The summed E-state index contributed by atoms with van der Waals surface area (Å²) in [6, 6.07) is 11.2. The van der Waals surface area contributed by atoms with Gasteiger partial charge in [0.2, 0.25) is 11.8 Å². The van der Waals surface area contributed by atoms with Crippen LogP contribution in [0.5, 0.6) is 0 Å². The number of hydrogen-bond donors (Lipinski definition) is 2. The summed E-state index contributed by atoms with van der Waals surface area (Å²) in [6.07, 6.45) is 0.918. The van der Waals surface area contributed by atoms with Crippen molar-refractivity contribution in [1.29, 1.82) is 0 Å². The van der Waals surface area contributed by atoms with Crippen LogP contribution in [0.25, 0.3) is 11.3 Å². The molecule has 7 heteroatoms. The highest BCUT2D eigenvalue weighted by molar-refractivity contribution is 6.04. The first-order chi connectivity index (χ1) is 12.0. The number of carbonyl (C=O) groups excluding carboxylic acids is 3. The quantitative estimate of drug-likeness (QED) is 0.804. The summed E-state index contributed by atoms with van der Waals surface area (Å²) in [5.74, 6) is -0.522. The minimum atomic E-state index is -1.04. The normalized spacial score (nSPS) is 20.2. The number of carbonyl (C=O) groups is 3. The van der Waals surface area contributed by atoms with Crippen LogP contribution in [-0.2, 0) is 20.8 Å². The van der Waals surface area contributed by atoms with Gasteiger partial charge >= 0.3 is 0 Å². The first-order valence-corrected chi connectivity index (χ1v) is 8.19. The summed E-state index contributed by atoms with van der Waals surface area (Å²) < 4.78 is 5.27. The van der Waals surface area contributed by atoms with Crippen molar-refractivity contribution in [2.75, 3.05) is 0 Å². The topological polar surface area (TPSA) is 101 Å². The number of rotatable bonds is 5. The van der Waals surface area contributed by atoms with Gasteiger partial charge in [-0.3, -0.25) is 19.7 Å². The van der Waals surface area contributed by atoms with E-state index in [0.717, 1.165) is 5.56 Å². The van der Waals surface area contributed by atoms with Gasteiger partial charge in [-0.15, -0.1) is 0 Å². The molecular weight excluding hydrogens is 322 g/mol. The lowest BCUT2D eigenvalue weighted by molar-refractivity contribution is -0.142. The Morgan fingerprint density at radius 3 is 2.76 bits per heavy atom. The van der Waals surface area contributed by atoms with Gasteiger partial charge in [0, 0.05) is 18.1 Å². The number of piperidine rings is 1. The fraction of sp³-hybridized carbons (Fsp3) is 0.333. The Kier molecular flexibility index (Phi) is 4.65. The molecule has 1 fully saturated rings. The van der Waals surface area contributed by atoms with Crippen molar-refractivity contribution in [3.63, 3.8) is 0 Å². The second-order valence-corrected chi connectivity index (χ2v) is 6.09. The highest BCUT2D eigenvalue weighted by atomic mass is 16.5. The van der Waals surface area contributed by atoms with Gasteiger partial charge in [0.05, 0.1) is 12.1 Å². The van der Waals surface area contributed by atoms with Gasteiger partial charge in [0.15, 0.2) is 5.76 Å². The smallest absolute Gasteiger partial charge is 0.252 e. The van der Waals surface area contributed by atoms with Crippen LogP contribution in [-0.4, -0.2) is 28.4 Å². The average Bonchev–Trinajstić information content (AvgIpc) is 3.07. The Hall–Kier alpha value is -2.96. The molecule has 7 nitrogen and oxygen atoms in total. The molecule has 0 bridgehead atoms. The molecule has 1 aliphatic heterocycles. The van der Waals surface area contributed by atoms with Crippen molar-refractivity contribution in [2.24, 2.45) is 0 Å². The maximum Gasteiger partial charge on any atom is 0.252 e. The zero-order valence-electron chi connectivity index (χ0n) is 13.9. The number of imide groups is 1. The van der Waals surface area contributed by atoms with E-state index >= 15 is 0 Å². The largest absolute Gasteiger partial charge is 0.356 e. The minimum Gasteiger partial charge on any atom is -0.356 e. The van der Waals surface area contributed by atoms with Crippen LogP contribution in [0.4, 0.5) is 0 Å². The molecule has 1 aromatic heterocycles. The van der Waals surface area contributed by atoms with E-state index in [-0.39, 0.29) is 24.7 Å². The highest BCUT2D eigenvalue weighted by Gasteiger charge is 2.42. The fourth-order valence-electron chi connectivity index (χ4n) is 2.90. The van der Waals surface area contributed by atoms with Crippen molar-refractivity contribution in [3.8, 4) is 11.3 Å². The summed E-state index contributed by atoms with van der Waals surface area (Å²) in [5.41, 5.74) is 0.309. The van der Waals surface area contributed by atoms with Gasteiger partial charge in [-0.1, -0.05) is 42.4 Å². The molecule has 25 heavy (non-hydrogen) atoms. The van der Waals surface area contributed by atoms with Crippen molar-refractivity contribution in [3.05, 3.63) is 42.1 Å². The highest BCUT2D eigenvalue weighted by Crippen LogP contribution is 2.23. The number of aromatic nitrogens is 1. The third-order valence-corrected chi connectivity index (χ3v) is 4.41. The van der Waals surface area contributed by atoms with Gasteiger partial charge in [-0.05, 0) is 12.8 Å². The molecule has 2 aromatic rings. The van der Waals surface area contributed by atoms with Gasteiger partial charge in [0.1, 0.15) is 5.54 Å². The monoisotopic (exact) mass is 341 g/mol. The Morgan fingerprint density at radius 2 is 2.08 bits per heavy atom. The van der Waals surface area contributed by atoms with Gasteiger partial charge < -0.3 is 9.84 Å². The van der Waals surface area contributed by atoms with Crippen LogP contribution < -0.4 is 10.6 Å². The predicted molar refractivity (Wildman–Crippen MR) is 89.2 cm³/mol. The number of amides is 3. The fourth-order valence-corrected chi connectivity index (χ4v) is 2.90. The zero-order chi connectivity index (χ0) is 17.9. The van der Waals surface area contributed by atoms with Crippen LogP contribution in [0, 0.1) is 0 Å². The molecule has 1 aliphatic rings. The molecular formula is C18H19N3O4. The van der Waals surface area contributed by atoms with Gasteiger partial charge in [-0.25, -0.2) is 0 Å². The molecule has 0 radical (unpaired) electrons. The van der Waals surface area contributed by atoms with Crippen LogP contribution in [0.3, 0.4) is 0 Å². The van der Waals surface area contributed by atoms with Crippen LogP contribution in [0.15, 0.2) is 40.9 Å². The molecule has 1 aromatic carbocycles. The summed E-state index contributed by atoms with van der Waals surface area (Å²) in [6.45, 7) is 1.80. The molecule has 0 spiro atoms. The molecule has 2 N–H and O–H groups in total. The third kappa shape index (κ3) is 3.60. The molecule has 3 rings (SSSR count). The van der Waals surface area contributed by atoms with Gasteiger partial charge in [-0.2, -0.15) is 0 Å². The Morgan fingerprint density at radius 1 is 1.32 bits per heavy atom. The SMILES string of the molecule is CCC1(NC(=O)Cc2cc(-c3ccccc3)on2)CCC(=O)NC1=O. The number of benzene rings is 1. The van der Waals surface area contributed by atoms with E-state index in [1.54, 1.807) is 13.0 Å². The maximum absolute atomic E-state index is 12.4. The van der Waals surface area contributed by atoms with E-state index in [1.807, 2.05) is 30.3 Å². The lowest BCUT2D eigenvalue weighted by Gasteiger charge is -2.35. The first kappa shape index (κ1) is 16.9. The molecule has 1 atom stereocenters. The minimum absolute atomic E-state index is 0.000685. The molecule has 1 saturated heterocycles. The van der Waals surface area contributed by atoms with E-state index in [9.17, 15) is 14.4 Å². The van der Waals surface area contributed by atoms with Crippen LogP contribution >= 0.6 is 0 Å². The Balaban J connectivity index is 1.67. The second kappa shape index (κ2) is 6.88. The van der Waals surface area contributed by atoms with E-state index < -0.39 is 11.4 Å². The molecule has 0 saturated carbocycles.